The monoisotopic (exact) mass is 453 g/mol. The Morgan fingerprint density at radius 1 is 1.04 bits per heavy atom. The number of rotatable bonds is 7. The Hall–Kier alpha value is -1.60. The molecule has 2 rings (SSSR count). The van der Waals surface area contributed by atoms with Crippen LogP contribution in [0.4, 0.5) is 0 Å². The summed E-state index contributed by atoms with van der Waals surface area (Å²) in [5.74, 6) is 0.819. The third-order valence-corrected chi connectivity index (χ3v) is 4.18. The minimum atomic E-state index is 0. The molecule has 1 atom stereocenters. The first kappa shape index (κ1) is 21.4. The fraction of sp³-hybridized carbons (Fsp3) is 0.350. The van der Waals surface area contributed by atoms with E-state index in [0.717, 1.165) is 24.5 Å². The number of benzene rings is 2. The van der Waals surface area contributed by atoms with Crippen LogP contribution in [0.25, 0.3) is 0 Å². The Bertz CT molecular complexity index is 646. The zero-order chi connectivity index (χ0) is 17.2. The number of halogens is 1. The third-order valence-electron chi connectivity index (χ3n) is 4.18. The highest BCUT2D eigenvalue weighted by atomic mass is 127. The van der Waals surface area contributed by atoms with E-state index in [9.17, 15) is 5.11 Å². The standard InChI is InChI=1S/C20H27N3O.HI/c1-16-8-6-7-9-17(16)12-13-22-20(21-2)23-14-19(15-24)18-10-4-3-5-11-18;/h3-11,19,24H,12-15H2,1-2H3,(H2,21,22,23);1H. The van der Waals surface area contributed by atoms with Gasteiger partial charge in [0, 0.05) is 26.1 Å². The normalized spacial score (nSPS) is 12.2. The van der Waals surface area contributed by atoms with Gasteiger partial charge < -0.3 is 15.7 Å². The molecule has 3 N–H and O–H groups in total. The summed E-state index contributed by atoms with van der Waals surface area (Å²) in [6.07, 6.45) is 0.954. The van der Waals surface area contributed by atoms with Crippen LogP contribution in [0.5, 0.6) is 0 Å². The molecular formula is C20H28IN3O. The zero-order valence-corrected chi connectivity index (χ0v) is 17.2. The second kappa shape index (κ2) is 11.9. The van der Waals surface area contributed by atoms with E-state index in [1.54, 1.807) is 7.05 Å². The molecule has 0 bridgehead atoms. The zero-order valence-electron chi connectivity index (χ0n) is 14.9. The van der Waals surface area contributed by atoms with E-state index in [0.29, 0.717) is 6.54 Å². The van der Waals surface area contributed by atoms with Gasteiger partial charge in [-0.1, -0.05) is 54.6 Å². The van der Waals surface area contributed by atoms with Crippen LogP contribution in [0, 0.1) is 6.92 Å². The molecule has 0 fully saturated rings. The number of guanidine groups is 1. The molecule has 25 heavy (non-hydrogen) atoms. The summed E-state index contributed by atoms with van der Waals surface area (Å²) in [6, 6.07) is 18.5. The van der Waals surface area contributed by atoms with E-state index < -0.39 is 0 Å². The minimum absolute atomic E-state index is 0. The fourth-order valence-corrected chi connectivity index (χ4v) is 2.66. The smallest absolute Gasteiger partial charge is 0.191 e. The van der Waals surface area contributed by atoms with Crippen LogP contribution < -0.4 is 10.6 Å². The van der Waals surface area contributed by atoms with Gasteiger partial charge in [0.15, 0.2) is 5.96 Å². The number of aliphatic hydroxyl groups excluding tert-OH is 1. The van der Waals surface area contributed by atoms with Gasteiger partial charge in [0.2, 0.25) is 0 Å². The molecule has 0 amide bonds. The predicted octanol–water partition coefficient (Wildman–Crippen LogP) is 3.10. The molecule has 0 heterocycles. The largest absolute Gasteiger partial charge is 0.396 e. The molecule has 0 radical (unpaired) electrons. The van der Waals surface area contributed by atoms with Gasteiger partial charge in [0.05, 0.1) is 6.61 Å². The molecule has 2 aromatic rings. The van der Waals surface area contributed by atoms with E-state index in [-0.39, 0.29) is 36.5 Å². The molecule has 0 saturated carbocycles. The first-order valence-corrected chi connectivity index (χ1v) is 8.39. The summed E-state index contributed by atoms with van der Waals surface area (Å²) >= 11 is 0. The maximum absolute atomic E-state index is 9.62. The van der Waals surface area contributed by atoms with Gasteiger partial charge in [-0.15, -0.1) is 24.0 Å². The molecule has 136 valence electrons. The highest BCUT2D eigenvalue weighted by Crippen LogP contribution is 2.13. The first-order valence-electron chi connectivity index (χ1n) is 8.39. The Labute approximate surface area is 167 Å². The van der Waals surface area contributed by atoms with Crippen LogP contribution >= 0.6 is 24.0 Å². The topological polar surface area (TPSA) is 56.7 Å². The van der Waals surface area contributed by atoms with Crippen molar-refractivity contribution in [2.45, 2.75) is 19.3 Å². The lowest BCUT2D eigenvalue weighted by Crippen LogP contribution is -2.40. The molecule has 5 heteroatoms. The SMILES string of the molecule is CN=C(NCCc1ccccc1C)NCC(CO)c1ccccc1.I. The highest BCUT2D eigenvalue weighted by Gasteiger charge is 2.10. The minimum Gasteiger partial charge on any atom is -0.396 e. The van der Waals surface area contributed by atoms with Gasteiger partial charge in [0.25, 0.3) is 0 Å². The second-order valence-corrected chi connectivity index (χ2v) is 5.85. The predicted molar refractivity (Wildman–Crippen MR) is 116 cm³/mol. The lowest BCUT2D eigenvalue weighted by molar-refractivity contribution is 0.265. The third kappa shape index (κ3) is 7.04. The van der Waals surface area contributed by atoms with Crippen LogP contribution in [0.2, 0.25) is 0 Å². The van der Waals surface area contributed by atoms with E-state index in [1.165, 1.54) is 11.1 Å². The van der Waals surface area contributed by atoms with Crippen LogP contribution in [-0.4, -0.2) is 37.8 Å². The van der Waals surface area contributed by atoms with Crippen molar-refractivity contribution in [2.24, 2.45) is 4.99 Å². The van der Waals surface area contributed by atoms with Gasteiger partial charge in [-0.05, 0) is 30.0 Å². The van der Waals surface area contributed by atoms with Crippen molar-refractivity contribution in [2.75, 3.05) is 26.7 Å². The lowest BCUT2D eigenvalue weighted by Gasteiger charge is -2.18. The molecule has 0 aliphatic rings. The van der Waals surface area contributed by atoms with Gasteiger partial charge >= 0.3 is 0 Å². The van der Waals surface area contributed by atoms with Crippen molar-refractivity contribution in [3.8, 4) is 0 Å². The van der Waals surface area contributed by atoms with Gasteiger partial charge in [-0.25, -0.2) is 0 Å². The molecule has 2 aromatic carbocycles. The van der Waals surface area contributed by atoms with Crippen molar-refractivity contribution >= 4 is 29.9 Å². The van der Waals surface area contributed by atoms with Crippen LogP contribution in [0.3, 0.4) is 0 Å². The van der Waals surface area contributed by atoms with Crippen LogP contribution in [0.1, 0.15) is 22.6 Å². The highest BCUT2D eigenvalue weighted by molar-refractivity contribution is 14.0. The number of nitrogens with zero attached hydrogens (tertiary/aromatic N) is 1. The van der Waals surface area contributed by atoms with Crippen LogP contribution in [0.15, 0.2) is 59.6 Å². The average Bonchev–Trinajstić information content (AvgIpc) is 2.63. The quantitative estimate of drug-likeness (QED) is 0.343. The summed E-state index contributed by atoms with van der Waals surface area (Å²) in [4.78, 5) is 4.25. The maximum atomic E-state index is 9.62. The summed E-state index contributed by atoms with van der Waals surface area (Å²) in [5, 5.41) is 16.3. The number of aryl methyl sites for hydroxylation is 1. The van der Waals surface area contributed by atoms with Crippen molar-refractivity contribution in [1.82, 2.24) is 10.6 Å². The second-order valence-electron chi connectivity index (χ2n) is 5.85. The summed E-state index contributed by atoms with van der Waals surface area (Å²) in [5.41, 5.74) is 3.78. The Morgan fingerprint density at radius 3 is 2.36 bits per heavy atom. The van der Waals surface area contributed by atoms with E-state index in [4.69, 9.17) is 0 Å². The lowest BCUT2D eigenvalue weighted by atomic mass is 10.0. The molecule has 0 spiro atoms. The number of nitrogens with one attached hydrogen (secondary N) is 2. The summed E-state index contributed by atoms with van der Waals surface area (Å²) in [6.45, 7) is 3.70. The fourth-order valence-electron chi connectivity index (χ4n) is 2.66. The number of hydrogen-bond acceptors (Lipinski definition) is 2. The van der Waals surface area contributed by atoms with Crippen LogP contribution in [-0.2, 0) is 6.42 Å². The van der Waals surface area contributed by atoms with Crippen molar-refractivity contribution < 1.29 is 5.11 Å². The summed E-state index contributed by atoms with van der Waals surface area (Å²) < 4.78 is 0. The molecule has 0 saturated heterocycles. The maximum Gasteiger partial charge on any atom is 0.191 e. The molecule has 0 aliphatic heterocycles. The van der Waals surface area contributed by atoms with Crippen molar-refractivity contribution in [1.29, 1.82) is 0 Å². The van der Waals surface area contributed by atoms with Crippen molar-refractivity contribution in [3.05, 3.63) is 71.3 Å². The Balaban J connectivity index is 0.00000312. The molecule has 1 unspecified atom stereocenters. The Kier molecular flexibility index (Phi) is 10.2. The molecule has 4 nitrogen and oxygen atoms in total. The Morgan fingerprint density at radius 2 is 1.72 bits per heavy atom. The number of aliphatic imine (C=N–C) groups is 1. The van der Waals surface area contributed by atoms with Gasteiger partial charge in [-0.2, -0.15) is 0 Å². The molecule has 0 aromatic heterocycles. The number of aliphatic hydroxyl groups is 1. The van der Waals surface area contributed by atoms with Gasteiger partial charge in [-0.3, -0.25) is 4.99 Å². The van der Waals surface area contributed by atoms with Crippen molar-refractivity contribution in [3.63, 3.8) is 0 Å². The van der Waals surface area contributed by atoms with E-state index in [2.05, 4.69) is 46.8 Å². The molecular weight excluding hydrogens is 425 g/mol. The number of hydrogen-bond donors (Lipinski definition) is 3. The first-order chi connectivity index (χ1) is 11.7. The summed E-state index contributed by atoms with van der Waals surface area (Å²) in [7, 11) is 1.76. The average molecular weight is 453 g/mol. The van der Waals surface area contributed by atoms with Gasteiger partial charge in [0.1, 0.15) is 0 Å². The van der Waals surface area contributed by atoms with E-state index in [1.807, 2.05) is 30.3 Å². The van der Waals surface area contributed by atoms with E-state index >= 15 is 0 Å². The molecule has 0 aliphatic carbocycles.